The van der Waals surface area contributed by atoms with Crippen LogP contribution in [-0.4, -0.2) is 11.9 Å². The van der Waals surface area contributed by atoms with Crippen molar-refractivity contribution in [3.8, 4) is 0 Å². The van der Waals surface area contributed by atoms with E-state index in [0.29, 0.717) is 11.3 Å². The summed E-state index contributed by atoms with van der Waals surface area (Å²) >= 11 is 0. The van der Waals surface area contributed by atoms with Gasteiger partial charge in [0, 0.05) is 6.04 Å². The smallest absolute Gasteiger partial charge is 0.253 e. The molecule has 3 unspecified atom stereocenters. The second kappa shape index (κ2) is 4.73. The van der Waals surface area contributed by atoms with Crippen molar-refractivity contribution < 1.29 is 4.79 Å². The van der Waals surface area contributed by atoms with Gasteiger partial charge in [-0.2, -0.15) is 0 Å². The number of nitrogens with two attached hydrogens (primary N) is 1. The molecule has 2 aliphatic carbocycles. The Morgan fingerprint density at radius 2 is 2.00 bits per heavy atom. The summed E-state index contributed by atoms with van der Waals surface area (Å²) in [5.41, 5.74) is 4.28. The largest absolute Gasteiger partial charge is 0.348 e. The zero-order valence-corrected chi connectivity index (χ0v) is 13.1. The first kappa shape index (κ1) is 14.4. The van der Waals surface area contributed by atoms with E-state index >= 15 is 0 Å². The van der Waals surface area contributed by atoms with Crippen molar-refractivity contribution in [3.05, 3.63) is 29.8 Å². The van der Waals surface area contributed by atoms with E-state index in [9.17, 15) is 4.79 Å². The lowest BCUT2D eigenvalue weighted by molar-refractivity contribution is 0.0738. The second-order valence-electron chi connectivity index (χ2n) is 7.51. The van der Waals surface area contributed by atoms with Crippen LogP contribution in [0.25, 0.3) is 0 Å². The molecular formula is C17H25N3O. The summed E-state index contributed by atoms with van der Waals surface area (Å²) in [7, 11) is 0. The number of anilines is 1. The number of hydrogen-bond donors (Lipinski definition) is 3. The summed E-state index contributed by atoms with van der Waals surface area (Å²) in [5, 5.41) is 3.30. The lowest BCUT2D eigenvalue weighted by Gasteiger charge is -2.43. The third-order valence-electron chi connectivity index (χ3n) is 5.87. The van der Waals surface area contributed by atoms with Crippen LogP contribution in [0.15, 0.2) is 24.3 Å². The molecule has 2 bridgehead atoms. The van der Waals surface area contributed by atoms with Gasteiger partial charge < -0.3 is 10.7 Å². The molecule has 0 aliphatic heterocycles. The average molecular weight is 287 g/mol. The van der Waals surface area contributed by atoms with E-state index in [0.717, 1.165) is 5.92 Å². The van der Waals surface area contributed by atoms with Gasteiger partial charge in [-0.05, 0) is 48.1 Å². The van der Waals surface area contributed by atoms with Crippen molar-refractivity contribution >= 4 is 11.6 Å². The van der Waals surface area contributed by atoms with Gasteiger partial charge in [0.05, 0.1) is 11.3 Å². The Balaban J connectivity index is 1.85. The first-order chi connectivity index (χ1) is 9.88. The van der Waals surface area contributed by atoms with Crippen molar-refractivity contribution in [2.75, 3.05) is 5.43 Å². The molecule has 21 heavy (non-hydrogen) atoms. The molecule has 0 saturated heterocycles. The van der Waals surface area contributed by atoms with Crippen molar-refractivity contribution in [1.29, 1.82) is 0 Å². The van der Waals surface area contributed by atoms with Crippen LogP contribution in [0, 0.1) is 16.7 Å². The molecular weight excluding hydrogens is 262 g/mol. The molecule has 1 aromatic carbocycles. The summed E-state index contributed by atoms with van der Waals surface area (Å²) in [4.78, 5) is 12.7. The molecule has 2 aliphatic rings. The van der Waals surface area contributed by atoms with Gasteiger partial charge in [0.15, 0.2) is 0 Å². The molecule has 0 spiro atoms. The van der Waals surface area contributed by atoms with Crippen molar-refractivity contribution in [2.45, 2.75) is 46.1 Å². The van der Waals surface area contributed by atoms with Crippen LogP contribution in [0.1, 0.15) is 50.4 Å². The Morgan fingerprint density at radius 3 is 2.62 bits per heavy atom. The number of para-hydroxylation sites is 1. The Bertz CT molecular complexity index is 564. The first-order valence-electron chi connectivity index (χ1n) is 7.75. The fraction of sp³-hybridized carbons (Fsp3) is 0.588. The van der Waals surface area contributed by atoms with Gasteiger partial charge in [0.1, 0.15) is 0 Å². The van der Waals surface area contributed by atoms with E-state index in [2.05, 4.69) is 31.5 Å². The van der Waals surface area contributed by atoms with E-state index in [-0.39, 0.29) is 22.8 Å². The Morgan fingerprint density at radius 1 is 1.29 bits per heavy atom. The van der Waals surface area contributed by atoms with Gasteiger partial charge in [-0.3, -0.25) is 10.6 Å². The van der Waals surface area contributed by atoms with Gasteiger partial charge in [-0.25, -0.2) is 0 Å². The maximum absolute atomic E-state index is 12.7. The highest BCUT2D eigenvalue weighted by atomic mass is 16.1. The maximum atomic E-state index is 12.7. The molecule has 2 saturated carbocycles. The molecule has 4 heteroatoms. The van der Waals surface area contributed by atoms with E-state index in [1.54, 1.807) is 0 Å². The fourth-order valence-corrected chi connectivity index (χ4v) is 4.68. The third-order valence-corrected chi connectivity index (χ3v) is 5.87. The van der Waals surface area contributed by atoms with Gasteiger partial charge in [-0.15, -0.1) is 0 Å². The number of benzene rings is 1. The highest BCUT2D eigenvalue weighted by Crippen LogP contribution is 2.62. The molecule has 4 nitrogen and oxygen atoms in total. The maximum Gasteiger partial charge on any atom is 0.253 e. The molecule has 1 amide bonds. The molecule has 0 radical (unpaired) electrons. The number of rotatable bonds is 3. The minimum absolute atomic E-state index is 0.0320. The number of hydrazine groups is 1. The monoisotopic (exact) mass is 287 g/mol. The Kier molecular flexibility index (Phi) is 3.24. The number of carbonyl (C=O) groups excluding carboxylic acids is 1. The summed E-state index contributed by atoms with van der Waals surface area (Å²) in [6.07, 6.45) is 3.72. The standard InChI is InChI=1S/C17H25N3O/c1-16(2)11-8-9-17(3,10-11)15(16)19-14(21)12-6-4-5-7-13(12)20-18/h4-7,11,15,20H,8-10,18H2,1-3H3,(H,19,21). The lowest BCUT2D eigenvalue weighted by atomic mass is 9.68. The van der Waals surface area contributed by atoms with E-state index < -0.39 is 0 Å². The molecule has 3 atom stereocenters. The number of amides is 1. The van der Waals surface area contributed by atoms with Crippen molar-refractivity contribution in [1.82, 2.24) is 5.32 Å². The van der Waals surface area contributed by atoms with Crippen LogP contribution in [0.3, 0.4) is 0 Å². The summed E-state index contributed by atoms with van der Waals surface area (Å²) in [6.45, 7) is 6.90. The highest BCUT2D eigenvalue weighted by molar-refractivity contribution is 5.99. The van der Waals surface area contributed by atoms with Gasteiger partial charge in [0.2, 0.25) is 0 Å². The minimum Gasteiger partial charge on any atom is -0.348 e. The first-order valence-corrected chi connectivity index (χ1v) is 7.75. The molecule has 1 aromatic rings. The van der Waals surface area contributed by atoms with Crippen molar-refractivity contribution in [2.24, 2.45) is 22.6 Å². The highest BCUT2D eigenvalue weighted by Gasteiger charge is 2.59. The Labute approximate surface area is 126 Å². The van der Waals surface area contributed by atoms with Crippen LogP contribution >= 0.6 is 0 Å². The molecule has 4 N–H and O–H groups in total. The predicted octanol–water partition coefficient (Wildman–Crippen LogP) is 2.92. The quantitative estimate of drug-likeness (QED) is 0.591. The van der Waals surface area contributed by atoms with Gasteiger partial charge in [0.25, 0.3) is 5.91 Å². The second-order valence-corrected chi connectivity index (χ2v) is 7.51. The average Bonchev–Trinajstić information content (AvgIpc) is 2.94. The summed E-state index contributed by atoms with van der Waals surface area (Å²) < 4.78 is 0. The Hall–Kier alpha value is -1.55. The molecule has 0 heterocycles. The zero-order chi connectivity index (χ0) is 15.3. The van der Waals surface area contributed by atoms with Crippen LogP contribution in [0.5, 0.6) is 0 Å². The van der Waals surface area contributed by atoms with E-state index in [4.69, 9.17) is 5.84 Å². The molecule has 0 aromatic heterocycles. The van der Waals surface area contributed by atoms with Crippen LogP contribution in [0.2, 0.25) is 0 Å². The third kappa shape index (κ3) is 2.13. The number of nitrogen functional groups attached to an aromatic ring is 1. The van der Waals surface area contributed by atoms with Crippen LogP contribution in [0.4, 0.5) is 5.69 Å². The minimum atomic E-state index is -0.0320. The number of hydrogen-bond acceptors (Lipinski definition) is 3. The van der Waals surface area contributed by atoms with Crippen molar-refractivity contribution in [3.63, 3.8) is 0 Å². The van der Waals surface area contributed by atoms with E-state index in [1.807, 2.05) is 24.3 Å². The molecule has 3 rings (SSSR count). The molecule has 2 fully saturated rings. The number of nitrogens with one attached hydrogen (secondary N) is 2. The SMILES string of the molecule is CC12CCC(C1)C(C)(C)C2NC(=O)c1ccccc1NN. The summed E-state index contributed by atoms with van der Waals surface area (Å²) in [6, 6.07) is 7.59. The number of fused-ring (bicyclic) bond motifs is 2. The number of carbonyl (C=O) groups is 1. The topological polar surface area (TPSA) is 67.2 Å². The van der Waals surface area contributed by atoms with Gasteiger partial charge >= 0.3 is 0 Å². The summed E-state index contributed by atoms with van der Waals surface area (Å²) in [5.74, 6) is 6.19. The van der Waals surface area contributed by atoms with E-state index in [1.165, 1.54) is 19.3 Å². The molecule has 114 valence electrons. The van der Waals surface area contributed by atoms with Crippen LogP contribution in [-0.2, 0) is 0 Å². The normalized spacial score (nSPS) is 33.0. The predicted molar refractivity (Wildman–Crippen MR) is 84.7 cm³/mol. The zero-order valence-electron chi connectivity index (χ0n) is 13.1. The van der Waals surface area contributed by atoms with Gasteiger partial charge in [-0.1, -0.05) is 32.9 Å². The fourth-order valence-electron chi connectivity index (χ4n) is 4.68. The lowest BCUT2D eigenvalue weighted by Crippen LogP contribution is -2.52. The van der Waals surface area contributed by atoms with Crippen LogP contribution < -0.4 is 16.6 Å².